The Morgan fingerprint density at radius 3 is 2.28 bits per heavy atom. The van der Waals surface area contributed by atoms with Crippen LogP contribution in [-0.2, 0) is 0 Å². The first-order chi connectivity index (χ1) is 11.9. The number of aliphatic imine (C=N–C) groups is 1. The Morgan fingerprint density at radius 2 is 1.72 bits per heavy atom. The van der Waals surface area contributed by atoms with Crippen LogP contribution in [0.1, 0.15) is 60.7 Å². The molecule has 6 nitrogen and oxygen atoms in total. The number of nitrogens with zero attached hydrogens (tertiary/aromatic N) is 2. The molecule has 1 aromatic rings. The van der Waals surface area contributed by atoms with Gasteiger partial charge in [-0.05, 0) is 31.4 Å². The Kier molecular flexibility index (Phi) is 6.56. The number of benzene rings is 1. The number of imide groups is 1. The third-order valence-corrected chi connectivity index (χ3v) is 4.30. The van der Waals surface area contributed by atoms with Crippen LogP contribution in [-0.4, -0.2) is 41.8 Å². The van der Waals surface area contributed by atoms with Gasteiger partial charge in [-0.15, -0.1) is 0 Å². The summed E-state index contributed by atoms with van der Waals surface area (Å²) in [6.45, 7) is 7.03. The van der Waals surface area contributed by atoms with Gasteiger partial charge in [0.05, 0.1) is 17.7 Å². The van der Waals surface area contributed by atoms with Gasteiger partial charge in [-0.25, -0.2) is 0 Å². The highest BCUT2D eigenvalue weighted by Gasteiger charge is 2.34. The molecular formula is C19H28N4O2. The SMILES string of the molecule is CC(C)CCCC(C)NC(N)=NCCN1C(=O)c2ccccc2C1=O. The van der Waals surface area contributed by atoms with Crippen molar-refractivity contribution in [3.8, 4) is 0 Å². The monoisotopic (exact) mass is 344 g/mol. The first-order valence-corrected chi connectivity index (χ1v) is 8.91. The van der Waals surface area contributed by atoms with E-state index in [-0.39, 0.29) is 24.4 Å². The molecule has 3 N–H and O–H groups in total. The van der Waals surface area contributed by atoms with Gasteiger partial charge in [0.25, 0.3) is 11.8 Å². The van der Waals surface area contributed by atoms with Crippen molar-refractivity contribution in [2.45, 2.75) is 46.1 Å². The fourth-order valence-corrected chi connectivity index (χ4v) is 2.92. The highest BCUT2D eigenvalue weighted by atomic mass is 16.2. The van der Waals surface area contributed by atoms with Crippen molar-refractivity contribution in [1.29, 1.82) is 0 Å². The maximum absolute atomic E-state index is 12.2. The number of rotatable bonds is 8. The third-order valence-electron chi connectivity index (χ3n) is 4.30. The first kappa shape index (κ1) is 19.0. The summed E-state index contributed by atoms with van der Waals surface area (Å²) >= 11 is 0. The van der Waals surface area contributed by atoms with Gasteiger partial charge in [-0.1, -0.05) is 38.8 Å². The molecule has 1 atom stereocenters. The summed E-state index contributed by atoms with van der Waals surface area (Å²) in [5, 5.41) is 3.16. The lowest BCUT2D eigenvalue weighted by Gasteiger charge is -2.16. The van der Waals surface area contributed by atoms with E-state index in [0.717, 1.165) is 12.8 Å². The van der Waals surface area contributed by atoms with E-state index < -0.39 is 0 Å². The molecule has 1 aromatic carbocycles. The molecule has 6 heteroatoms. The highest BCUT2D eigenvalue weighted by molar-refractivity contribution is 6.21. The average molecular weight is 344 g/mol. The average Bonchev–Trinajstić information content (AvgIpc) is 2.80. The summed E-state index contributed by atoms with van der Waals surface area (Å²) in [6.07, 6.45) is 3.38. The van der Waals surface area contributed by atoms with Crippen LogP contribution in [0.3, 0.4) is 0 Å². The number of hydrogen-bond acceptors (Lipinski definition) is 3. The Balaban J connectivity index is 1.79. The Morgan fingerprint density at radius 1 is 1.12 bits per heavy atom. The van der Waals surface area contributed by atoms with Crippen molar-refractivity contribution in [3.05, 3.63) is 35.4 Å². The number of nitrogens with two attached hydrogens (primary N) is 1. The molecule has 1 aliphatic rings. The lowest BCUT2D eigenvalue weighted by molar-refractivity contribution is 0.0659. The largest absolute Gasteiger partial charge is 0.370 e. The predicted molar refractivity (Wildman–Crippen MR) is 99.6 cm³/mol. The highest BCUT2D eigenvalue weighted by Crippen LogP contribution is 2.21. The van der Waals surface area contributed by atoms with Gasteiger partial charge in [0.2, 0.25) is 0 Å². The van der Waals surface area contributed by atoms with Crippen molar-refractivity contribution in [2.24, 2.45) is 16.6 Å². The van der Waals surface area contributed by atoms with Gasteiger partial charge in [-0.3, -0.25) is 19.5 Å². The zero-order valence-electron chi connectivity index (χ0n) is 15.3. The lowest BCUT2D eigenvalue weighted by atomic mass is 10.0. The molecule has 0 saturated heterocycles. The Hall–Kier alpha value is -2.37. The quantitative estimate of drug-likeness (QED) is 0.431. The van der Waals surface area contributed by atoms with Crippen LogP contribution in [0.5, 0.6) is 0 Å². The fraction of sp³-hybridized carbons (Fsp3) is 0.526. The van der Waals surface area contributed by atoms with E-state index in [0.29, 0.717) is 29.5 Å². The molecule has 0 aliphatic carbocycles. The predicted octanol–water partition coefficient (Wildman–Crippen LogP) is 2.40. The molecule has 0 spiro atoms. The summed E-state index contributed by atoms with van der Waals surface area (Å²) in [6, 6.07) is 7.12. The topological polar surface area (TPSA) is 87.8 Å². The third kappa shape index (κ3) is 5.05. The maximum Gasteiger partial charge on any atom is 0.261 e. The second-order valence-electron chi connectivity index (χ2n) is 6.94. The van der Waals surface area contributed by atoms with Crippen LogP contribution in [0, 0.1) is 5.92 Å². The van der Waals surface area contributed by atoms with Gasteiger partial charge in [0.1, 0.15) is 0 Å². The summed E-state index contributed by atoms with van der Waals surface area (Å²) in [7, 11) is 0. The molecule has 0 saturated carbocycles. The number of guanidine groups is 1. The molecule has 136 valence electrons. The van der Waals surface area contributed by atoms with E-state index in [1.807, 2.05) is 0 Å². The van der Waals surface area contributed by atoms with Crippen LogP contribution >= 0.6 is 0 Å². The molecule has 1 unspecified atom stereocenters. The minimum atomic E-state index is -0.260. The van der Waals surface area contributed by atoms with E-state index in [4.69, 9.17) is 5.73 Å². The van der Waals surface area contributed by atoms with Crippen molar-refractivity contribution < 1.29 is 9.59 Å². The zero-order valence-corrected chi connectivity index (χ0v) is 15.3. The fourth-order valence-electron chi connectivity index (χ4n) is 2.92. The van der Waals surface area contributed by atoms with E-state index >= 15 is 0 Å². The molecule has 2 rings (SSSR count). The van der Waals surface area contributed by atoms with Crippen LogP contribution in [0.25, 0.3) is 0 Å². The summed E-state index contributed by atoms with van der Waals surface area (Å²) in [5.74, 6) is 0.542. The zero-order chi connectivity index (χ0) is 18.4. The molecular weight excluding hydrogens is 316 g/mol. The van der Waals surface area contributed by atoms with Gasteiger partial charge >= 0.3 is 0 Å². The summed E-state index contributed by atoms with van der Waals surface area (Å²) in [5.41, 5.74) is 6.81. The number of carbonyl (C=O) groups is 2. The van der Waals surface area contributed by atoms with Gasteiger partial charge in [-0.2, -0.15) is 0 Å². The molecule has 1 heterocycles. The van der Waals surface area contributed by atoms with Crippen LogP contribution < -0.4 is 11.1 Å². The molecule has 2 amide bonds. The van der Waals surface area contributed by atoms with Gasteiger partial charge < -0.3 is 11.1 Å². The van der Waals surface area contributed by atoms with Crippen molar-refractivity contribution in [3.63, 3.8) is 0 Å². The Labute approximate surface area is 149 Å². The van der Waals surface area contributed by atoms with E-state index in [1.54, 1.807) is 24.3 Å². The van der Waals surface area contributed by atoms with Crippen LogP contribution in [0.4, 0.5) is 0 Å². The summed E-state index contributed by atoms with van der Waals surface area (Å²) in [4.78, 5) is 30.0. The number of fused-ring (bicyclic) bond motifs is 1. The first-order valence-electron chi connectivity index (χ1n) is 8.91. The van der Waals surface area contributed by atoms with E-state index in [9.17, 15) is 9.59 Å². The van der Waals surface area contributed by atoms with E-state index in [1.165, 1.54) is 11.3 Å². The molecule has 0 bridgehead atoms. The smallest absolute Gasteiger partial charge is 0.261 e. The second-order valence-corrected chi connectivity index (χ2v) is 6.94. The molecule has 0 aromatic heterocycles. The van der Waals surface area contributed by atoms with Crippen LogP contribution in [0.15, 0.2) is 29.3 Å². The lowest BCUT2D eigenvalue weighted by Crippen LogP contribution is -2.39. The minimum absolute atomic E-state index is 0.233. The number of carbonyl (C=O) groups excluding carboxylic acids is 2. The number of hydrogen-bond donors (Lipinski definition) is 2. The number of amides is 2. The Bertz CT molecular complexity index is 620. The van der Waals surface area contributed by atoms with Crippen molar-refractivity contribution >= 4 is 17.8 Å². The molecule has 1 aliphatic heterocycles. The summed E-state index contributed by atoms with van der Waals surface area (Å²) < 4.78 is 0. The van der Waals surface area contributed by atoms with Crippen LogP contribution in [0.2, 0.25) is 0 Å². The molecule has 25 heavy (non-hydrogen) atoms. The normalized spacial score (nSPS) is 15.7. The van der Waals surface area contributed by atoms with E-state index in [2.05, 4.69) is 31.1 Å². The second kappa shape index (κ2) is 8.65. The molecule has 0 radical (unpaired) electrons. The standard InChI is InChI=1S/C19H28N4O2/c1-13(2)7-6-8-14(3)22-19(20)21-11-12-23-17(24)15-9-4-5-10-16(15)18(23)25/h4-5,9-10,13-14H,6-8,11-12H2,1-3H3,(H3,20,21,22). The van der Waals surface area contributed by atoms with Crippen molar-refractivity contribution in [2.75, 3.05) is 13.1 Å². The maximum atomic E-state index is 12.2. The number of nitrogens with one attached hydrogen (secondary N) is 1. The van der Waals surface area contributed by atoms with Gasteiger partial charge in [0, 0.05) is 12.6 Å². The van der Waals surface area contributed by atoms with Gasteiger partial charge in [0.15, 0.2) is 5.96 Å². The van der Waals surface area contributed by atoms with Crippen molar-refractivity contribution in [1.82, 2.24) is 10.2 Å². The minimum Gasteiger partial charge on any atom is -0.370 e. The molecule has 0 fully saturated rings.